The number of nitrogen functional groups attached to an aromatic ring is 1. The van der Waals surface area contributed by atoms with Crippen LogP contribution in [0, 0.1) is 0 Å². The summed E-state index contributed by atoms with van der Waals surface area (Å²) >= 11 is 0. The Balaban J connectivity index is 1.58. The van der Waals surface area contributed by atoms with Crippen molar-refractivity contribution in [3.8, 4) is 5.75 Å². The van der Waals surface area contributed by atoms with E-state index >= 15 is 0 Å². The largest absolute Gasteiger partial charge is 0.530 e. The molecule has 10 nitrogen and oxygen atoms in total. The molecule has 2 aliphatic rings. The van der Waals surface area contributed by atoms with Crippen molar-refractivity contribution in [1.29, 1.82) is 0 Å². The van der Waals surface area contributed by atoms with Crippen LogP contribution >= 0.6 is 7.82 Å². The first kappa shape index (κ1) is 21.8. The number of aliphatic hydroxyl groups excluding tert-OH is 1. The van der Waals surface area contributed by atoms with Gasteiger partial charge in [0.05, 0.1) is 13.2 Å². The lowest BCUT2D eigenvalue weighted by Crippen LogP contribution is -2.50. The predicted molar refractivity (Wildman–Crippen MR) is 98.1 cm³/mol. The maximum atomic E-state index is 14.9. The quantitative estimate of drug-likeness (QED) is 0.637. The molecule has 1 fully saturated rings. The van der Waals surface area contributed by atoms with Gasteiger partial charge in [-0.2, -0.15) is 4.98 Å². The van der Waals surface area contributed by atoms with Gasteiger partial charge in [0.25, 0.3) is 6.43 Å². The summed E-state index contributed by atoms with van der Waals surface area (Å²) in [6, 6.07) is 7.52. The third-order valence-corrected chi connectivity index (χ3v) is 6.21. The topological polar surface area (TPSA) is 135 Å². The standard InChI is InChI=1S/C17H17F3N3O7P/c18-13-12(24)14(23-6-5-11(21)22-16(23)25)29-17(13,15(19)20)8-28-31(26)27-7-9-3-1-2-4-10(9)30-31/h1-6,12-15,24H,7-8H2,(H2,21,22,25)/t12-,13+,14-,17-,31?/m1/s1. The van der Waals surface area contributed by atoms with Crippen molar-refractivity contribution in [2.24, 2.45) is 0 Å². The van der Waals surface area contributed by atoms with Crippen LogP contribution in [0.1, 0.15) is 11.8 Å². The van der Waals surface area contributed by atoms with Gasteiger partial charge in [-0.05, 0) is 12.1 Å². The van der Waals surface area contributed by atoms with Crippen LogP contribution in [0.4, 0.5) is 19.0 Å². The normalized spacial score (nSPS) is 32.6. The molecule has 1 aromatic carbocycles. The van der Waals surface area contributed by atoms with Crippen molar-refractivity contribution < 1.29 is 41.2 Å². The first-order valence-corrected chi connectivity index (χ1v) is 10.4. The second-order valence-corrected chi connectivity index (χ2v) is 8.49. The predicted octanol–water partition coefficient (Wildman–Crippen LogP) is 1.79. The molecule has 2 aliphatic heterocycles. The Hall–Kier alpha value is -2.44. The van der Waals surface area contributed by atoms with Gasteiger partial charge in [-0.25, -0.2) is 22.5 Å². The zero-order valence-corrected chi connectivity index (χ0v) is 16.5. The molecule has 1 saturated heterocycles. The first-order valence-electron chi connectivity index (χ1n) is 8.94. The van der Waals surface area contributed by atoms with E-state index in [1.165, 1.54) is 6.07 Å². The van der Waals surface area contributed by atoms with E-state index in [2.05, 4.69) is 4.98 Å². The summed E-state index contributed by atoms with van der Waals surface area (Å²) < 4.78 is 76.3. The molecule has 14 heteroatoms. The molecule has 3 N–H and O–H groups in total. The van der Waals surface area contributed by atoms with Gasteiger partial charge in [0.15, 0.2) is 18.0 Å². The number of aliphatic hydroxyl groups is 1. The van der Waals surface area contributed by atoms with Crippen LogP contribution in [0.2, 0.25) is 0 Å². The molecule has 1 aromatic heterocycles. The third kappa shape index (κ3) is 3.83. The van der Waals surface area contributed by atoms with E-state index in [9.17, 15) is 27.6 Å². The number of aromatic nitrogens is 2. The van der Waals surface area contributed by atoms with Gasteiger partial charge in [-0.15, -0.1) is 0 Å². The fraction of sp³-hybridized carbons (Fsp3) is 0.412. The summed E-state index contributed by atoms with van der Waals surface area (Å²) in [6.07, 6.45) is -9.28. The number of benzene rings is 1. The number of ether oxygens (including phenoxy) is 1. The average Bonchev–Trinajstić information content (AvgIpc) is 2.98. The van der Waals surface area contributed by atoms with Crippen LogP contribution in [0.15, 0.2) is 41.3 Å². The van der Waals surface area contributed by atoms with Gasteiger partial charge < -0.3 is 20.1 Å². The molecular formula is C17H17F3N3O7P. The van der Waals surface area contributed by atoms with Crippen molar-refractivity contribution in [3.63, 3.8) is 0 Å². The number of hydrogen-bond acceptors (Lipinski definition) is 9. The SMILES string of the molecule is Nc1ccn([C@@H]2O[C@@](COP3(=O)OCc4ccccc4O3)(C(F)F)[C@@H](F)[C@H]2O)c(=O)n1. The Labute approximate surface area is 172 Å². The van der Waals surface area contributed by atoms with E-state index in [1.54, 1.807) is 18.2 Å². The molecule has 0 amide bonds. The Morgan fingerprint density at radius 1 is 1.39 bits per heavy atom. The van der Waals surface area contributed by atoms with Crippen molar-refractivity contribution >= 4 is 13.6 Å². The Morgan fingerprint density at radius 2 is 2.13 bits per heavy atom. The highest BCUT2D eigenvalue weighted by molar-refractivity contribution is 7.49. The van der Waals surface area contributed by atoms with E-state index in [1.807, 2.05) is 0 Å². The number of para-hydroxylation sites is 1. The fourth-order valence-electron chi connectivity index (χ4n) is 3.23. The van der Waals surface area contributed by atoms with E-state index in [4.69, 9.17) is 24.0 Å². The Morgan fingerprint density at radius 3 is 2.84 bits per heavy atom. The lowest BCUT2D eigenvalue weighted by atomic mass is 9.98. The zero-order valence-electron chi connectivity index (χ0n) is 15.6. The summed E-state index contributed by atoms with van der Waals surface area (Å²) in [7, 11) is -4.39. The minimum Gasteiger partial charge on any atom is -0.404 e. The Bertz CT molecular complexity index is 1090. The second kappa shape index (κ2) is 7.92. The second-order valence-electron chi connectivity index (χ2n) is 6.89. The molecule has 5 atom stereocenters. The van der Waals surface area contributed by atoms with E-state index in [0.29, 0.717) is 10.1 Å². The van der Waals surface area contributed by atoms with Gasteiger partial charge in [0.1, 0.15) is 17.7 Å². The number of hydrogen-bond donors (Lipinski definition) is 2. The van der Waals surface area contributed by atoms with Crippen molar-refractivity contribution in [2.75, 3.05) is 12.3 Å². The van der Waals surface area contributed by atoms with Crippen LogP contribution < -0.4 is 15.9 Å². The molecular weight excluding hydrogens is 446 g/mol. The van der Waals surface area contributed by atoms with Crippen LogP contribution in [-0.4, -0.2) is 45.6 Å². The summed E-state index contributed by atoms with van der Waals surface area (Å²) in [5.74, 6) is -0.0105. The maximum Gasteiger partial charge on any atom is 0.530 e. The summed E-state index contributed by atoms with van der Waals surface area (Å²) in [6.45, 7) is -1.48. The highest BCUT2D eigenvalue weighted by Crippen LogP contribution is 2.56. The van der Waals surface area contributed by atoms with Gasteiger partial charge in [-0.3, -0.25) is 13.6 Å². The van der Waals surface area contributed by atoms with Crippen molar-refractivity contribution in [3.05, 3.63) is 52.6 Å². The number of phosphoric acid groups is 1. The minimum absolute atomic E-state index is 0.157. The first-order chi connectivity index (χ1) is 14.7. The molecule has 3 heterocycles. The zero-order chi connectivity index (χ0) is 22.4. The average molecular weight is 463 g/mol. The van der Waals surface area contributed by atoms with Crippen molar-refractivity contribution in [1.82, 2.24) is 9.55 Å². The van der Waals surface area contributed by atoms with Gasteiger partial charge in [0.2, 0.25) is 0 Å². The number of phosphoric ester groups is 1. The fourth-order valence-corrected chi connectivity index (χ4v) is 4.49. The lowest BCUT2D eigenvalue weighted by Gasteiger charge is -2.32. The monoisotopic (exact) mass is 463 g/mol. The van der Waals surface area contributed by atoms with Gasteiger partial charge in [0, 0.05) is 11.8 Å². The van der Waals surface area contributed by atoms with Crippen LogP contribution in [0.5, 0.6) is 5.75 Å². The molecule has 0 bridgehead atoms. The molecule has 0 aliphatic carbocycles. The van der Waals surface area contributed by atoms with Crippen LogP contribution in [-0.2, 0) is 25.0 Å². The minimum atomic E-state index is -4.39. The molecule has 4 rings (SSSR count). The number of fused-ring (bicyclic) bond motifs is 1. The van der Waals surface area contributed by atoms with Gasteiger partial charge >= 0.3 is 13.5 Å². The number of alkyl halides is 3. The highest BCUT2D eigenvalue weighted by Gasteiger charge is 2.63. The van der Waals surface area contributed by atoms with Crippen LogP contribution in [0.25, 0.3) is 0 Å². The molecule has 0 radical (unpaired) electrons. The number of nitrogens with zero attached hydrogens (tertiary/aromatic N) is 2. The molecule has 31 heavy (non-hydrogen) atoms. The highest BCUT2D eigenvalue weighted by atomic mass is 31.2. The Kier molecular flexibility index (Phi) is 5.56. The van der Waals surface area contributed by atoms with E-state index in [0.717, 1.165) is 12.3 Å². The molecule has 168 valence electrons. The lowest BCUT2D eigenvalue weighted by molar-refractivity contribution is -0.184. The number of halogens is 3. The number of rotatable bonds is 5. The van der Waals surface area contributed by atoms with E-state index in [-0.39, 0.29) is 18.2 Å². The summed E-state index contributed by atoms with van der Waals surface area (Å²) in [4.78, 5) is 15.4. The van der Waals surface area contributed by atoms with Crippen molar-refractivity contribution in [2.45, 2.75) is 37.1 Å². The van der Waals surface area contributed by atoms with Gasteiger partial charge in [-0.1, -0.05) is 18.2 Å². The summed E-state index contributed by atoms with van der Waals surface area (Å²) in [5.41, 5.74) is 1.80. The molecule has 1 unspecified atom stereocenters. The number of nitrogens with two attached hydrogens (primary N) is 1. The van der Waals surface area contributed by atoms with Crippen LogP contribution in [0.3, 0.4) is 0 Å². The van der Waals surface area contributed by atoms with E-state index < -0.39 is 50.6 Å². The molecule has 2 aromatic rings. The molecule has 0 saturated carbocycles. The smallest absolute Gasteiger partial charge is 0.404 e. The third-order valence-electron chi connectivity index (χ3n) is 4.90. The molecule has 0 spiro atoms. The number of anilines is 1. The summed E-state index contributed by atoms with van der Waals surface area (Å²) in [5, 5.41) is 10.2. The maximum absolute atomic E-state index is 14.9.